The molecule has 1 saturated heterocycles. The van der Waals surface area contributed by atoms with E-state index in [9.17, 15) is 9.59 Å². The molecule has 1 aromatic rings. The van der Waals surface area contributed by atoms with Crippen molar-refractivity contribution in [1.82, 2.24) is 9.88 Å². The predicted octanol–water partition coefficient (Wildman–Crippen LogP) is 0.480. The van der Waals surface area contributed by atoms with Crippen molar-refractivity contribution in [2.24, 2.45) is 5.73 Å². The van der Waals surface area contributed by atoms with Gasteiger partial charge in [-0.15, -0.1) is 0 Å². The molecule has 110 valence electrons. The van der Waals surface area contributed by atoms with Crippen LogP contribution in [0.1, 0.15) is 35.6 Å². The summed E-state index contributed by atoms with van der Waals surface area (Å²) in [5.74, 6) is -0.268. The Kier molecular flexibility index (Phi) is 4.08. The zero-order valence-electron chi connectivity index (χ0n) is 11.7. The van der Waals surface area contributed by atoms with Crippen molar-refractivity contribution in [3.8, 4) is 0 Å². The van der Waals surface area contributed by atoms with Gasteiger partial charge in [-0.2, -0.15) is 0 Å². The van der Waals surface area contributed by atoms with Gasteiger partial charge in [0.15, 0.2) is 11.6 Å². The minimum Gasteiger partial charge on any atom is -0.448 e. The molecule has 2 rings (SSSR count). The first kappa shape index (κ1) is 14.5. The number of nitrogens with two attached hydrogens (primary N) is 1. The van der Waals surface area contributed by atoms with Gasteiger partial charge in [-0.1, -0.05) is 0 Å². The van der Waals surface area contributed by atoms with Crippen molar-refractivity contribution in [3.63, 3.8) is 0 Å². The zero-order valence-corrected chi connectivity index (χ0v) is 11.7. The standard InChI is InChI=1S/C13H19N3O4/c1-9-15-10(7-20-9)12(18)16-5-3-4-13(16,8-19-2)6-11(14)17/h7H,3-6,8H2,1-2H3,(H2,14,17)/t13-/m1/s1. The third-order valence-electron chi connectivity index (χ3n) is 3.60. The fourth-order valence-electron chi connectivity index (χ4n) is 2.83. The predicted molar refractivity (Wildman–Crippen MR) is 69.9 cm³/mol. The van der Waals surface area contributed by atoms with E-state index in [0.717, 1.165) is 6.42 Å². The second kappa shape index (κ2) is 5.62. The molecule has 2 amide bonds. The molecule has 1 aromatic heterocycles. The highest BCUT2D eigenvalue weighted by molar-refractivity contribution is 5.93. The summed E-state index contributed by atoms with van der Waals surface area (Å²) in [7, 11) is 1.55. The van der Waals surface area contributed by atoms with Gasteiger partial charge in [0.1, 0.15) is 6.26 Å². The Balaban J connectivity index is 2.27. The monoisotopic (exact) mass is 281 g/mol. The Morgan fingerprint density at radius 2 is 2.35 bits per heavy atom. The number of carbonyl (C=O) groups is 2. The Bertz CT molecular complexity index is 513. The molecule has 7 nitrogen and oxygen atoms in total. The largest absolute Gasteiger partial charge is 0.448 e. The average Bonchev–Trinajstić information content (AvgIpc) is 2.95. The normalized spacial score (nSPS) is 22.2. The number of carbonyl (C=O) groups excluding carboxylic acids is 2. The van der Waals surface area contributed by atoms with E-state index in [1.165, 1.54) is 6.26 Å². The first-order chi connectivity index (χ1) is 9.48. The quantitative estimate of drug-likeness (QED) is 0.846. The van der Waals surface area contributed by atoms with Crippen LogP contribution < -0.4 is 5.73 Å². The van der Waals surface area contributed by atoms with Crippen molar-refractivity contribution in [2.45, 2.75) is 31.7 Å². The van der Waals surface area contributed by atoms with Gasteiger partial charge in [-0.05, 0) is 12.8 Å². The maximum Gasteiger partial charge on any atom is 0.276 e. The molecule has 2 heterocycles. The molecule has 0 aliphatic carbocycles. The maximum atomic E-state index is 12.5. The lowest BCUT2D eigenvalue weighted by atomic mass is 9.92. The lowest BCUT2D eigenvalue weighted by molar-refractivity contribution is -0.121. The van der Waals surface area contributed by atoms with Gasteiger partial charge < -0.3 is 19.8 Å². The zero-order chi connectivity index (χ0) is 14.8. The lowest BCUT2D eigenvalue weighted by Gasteiger charge is -2.36. The molecule has 0 spiro atoms. The Morgan fingerprint density at radius 3 is 2.90 bits per heavy atom. The summed E-state index contributed by atoms with van der Waals surface area (Å²) in [6.07, 6.45) is 2.91. The number of hydrogen-bond acceptors (Lipinski definition) is 5. The highest BCUT2D eigenvalue weighted by Crippen LogP contribution is 2.34. The first-order valence-electron chi connectivity index (χ1n) is 6.50. The Labute approximate surface area is 117 Å². The minimum atomic E-state index is -0.676. The molecule has 1 atom stereocenters. The number of nitrogens with zero attached hydrogens (tertiary/aromatic N) is 2. The molecule has 2 N–H and O–H groups in total. The summed E-state index contributed by atoms with van der Waals surface area (Å²) in [6, 6.07) is 0. The summed E-state index contributed by atoms with van der Waals surface area (Å²) < 4.78 is 10.3. The van der Waals surface area contributed by atoms with Gasteiger partial charge in [0.25, 0.3) is 5.91 Å². The van der Waals surface area contributed by atoms with Gasteiger partial charge in [0.05, 0.1) is 18.6 Å². The van der Waals surface area contributed by atoms with E-state index >= 15 is 0 Å². The van der Waals surface area contributed by atoms with Crippen LogP contribution in [0, 0.1) is 6.92 Å². The van der Waals surface area contributed by atoms with Crippen LogP contribution in [-0.4, -0.2) is 47.5 Å². The third-order valence-corrected chi connectivity index (χ3v) is 3.60. The fourth-order valence-corrected chi connectivity index (χ4v) is 2.83. The summed E-state index contributed by atoms with van der Waals surface area (Å²) in [4.78, 5) is 29.5. The van der Waals surface area contributed by atoms with Gasteiger partial charge in [0, 0.05) is 20.6 Å². The van der Waals surface area contributed by atoms with Crippen LogP contribution >= 0.6 is 0 Å². The highest BCUT2D eigenvalue weighted by Gasteiger charge is 2.45. The van der Waals surface area contributed by atoms with E-state index in [-0.39, 0.29) is 24.6 Å². The van der Waals surface area contributed by atoms with Crippen molar-refractivity contribution in [2.75, 3.05) is 20.3 Å². The smallest absolute Gasteiger partial charge is 0.276 e. The molecule has 0 radical (unpaired) electrons. The number of methoxy groups -OCH3 is 1. The molecular weight excluding hydrogens is 262 g/mol. The summed E-state index contributed by atoms with van der Waals surface area (Å²) in [5.41, 5.74) is 4.90. The Morgan fingerprint density at radius 1 is 1.60 bits per heavy atom. The Hall–Kier alpha value is -1.89. The van der Waals surface area contributed by atoms with Crippen molar-refractivity contribution < 1.29 is 18.7 Å². The topological polar surface area (TPSA) is 98.7 Å². The van der Waals surface area contributed by atoms with Crippen LogP contribution in [-0.2, 0) is 9.53 Å². The van der Waals surface area contributed by atoms with Crippen LogP contribution in [0.4, 0.5) is 0 Å². The summed E-state index contributed by atoms with van der Waals surface area (Å²) in [5, 5.41) is 0. The molecule has 0 saturated carbocycles. The van der Waals surface area contributed by atoms with Crippen molar-refractivity contribution >= 4 is 11.8 Å². The lowest BCUT2D eigenvalue weighted by Crippen LogP contribution is -2.52. The summed E-state index contributed by atoms with van der Waals surface area (Å²) in [6.45, 7) is 2.51. The number of likely N-dealkylation sites (tertiary alicyclic amines) is 1. The molecule has 7 heteroatoms. The molecule has 0 aromatic carbocycles. The van der Waals surface area contributed by atoms with E-state index < -0.39 is 11.4 Å². The number of ether oxygens (including phenoxy) is 1. The van der Waals surface area contributed by atoms with E-state index in [4.69, 9.17) is 14.9 Å². The third kappa shape index (κ3) is 2.67. The number of aromatic nitrogens is 1. The number of aryl methyl sites for hydroxylation is 1. The van der Waals surface area contributed by atoms with Crippen molar-refractivity contribution in [3.05, 3.63) is 17.8 Å². The van der Waals surface area contributed by atoms with E-state index in [1.807, 2.05) is 0 Å². The summed E-state index contributed by atoms with van der Waals surface area (Å²) >= 11 is 0. The molecule has 1 aliphatic heterocycles. The van der Waals surface area contributed by atoms with Crippen LogP contribution in [0.5, 0.6) is 0 Å². The highest BCUT2D eigenvalue weighted by atomic mass is 16.5. The maximum absolute atomic E-state index is 12.5. The molecule has 1 fully saturated rings. The number of oxazole rings is 1. The van der Waals surface area contributed by atoms with Crippen molar-refractivity contribution in [1.29, 1.82) is 0 Å². The SMILES string of the molecule is COC[C@]1(CC(N)=O)CCCN1C(=O)c1coc(C)n1. The van der Waals surface area contributed by atoms with Gasteiger partial charge in [-0.25, -0.2) is 4.98 Å². The number of rotatable bonds is 5. The number of amides is 2. The van der Waals surface area contributed by atoms with Crippen LogP contribution in [0.25, 0.3) is 0 Å². The van der Waals surface area contributed by atoms with Crippen LogP contribution in [0.3, 0.4) is 0 Å². The van der Waals surface area contributed by atoms with Gasteiger partial charge in [0.2, 0.25) is 5.91 Å². The molecule has 0 unspecified atom stereocenters. The molecule has 0 bridgehead atoms. The number of hydrogen-bond donors (Lipinski definition) is 1. The minimum absolute atomic E-state index is 0.0867. The second-order valence-corrected chi connectivity index (χ2v) is 5.11. The molecule has 20 heavy (non-hydrogen) atoms. The fraction of sp³-hybridized carbons (Fsp3) is 0.615. The van der Waals surface area contributed by atoms with E-state index in [1.54, 1.807) is 18.9 Å². The first-order valence-corrected chi connectivity index (χ1v) is 6.50. The van der Waals surface area contributed by atoms with Crippen LogP contribution in [0.15, 0.2) is 10.7 Å². The van der Waals surface area contributed by atoms with Crippen LogP contribution in [0.2, 0.25) is 0 Å². The van der Waals surface area contributed by atoms with E-state index in [2.05, 4.69) is 4.98 Å². The molecular formula is C13H19N3O4. The molecule has 1 aliphatic rings. The average molecular weight is 281 g/mol. The van der Waals surface area contributed by atoms with Gasteiger partial charge in [-0.3, -0.25) is 9.59 Å². The van der Waals surface area contributed by atoms with E-state index in [0.29, 0.717) is 18.9 Å². The number of primary amides is 1. The second-order valence-electron chi connectivity index (χ2n) is 5.11. The van der Waals surface area contributed by atoms with Gasteiger partial charge >= 0.3 is 0 Å².